The number of hydrogen-bond donors (Lipinski definition) is 8. The first kappa shape index (κ1) is 28.3. The van der Waals surface area contributed by atoms with Crippen molar-refractivity contribution < 1.29 is 19.2 Å². The van der Waals surface area contributed by atoms with Crippen LogP contribution in [0.15, 0.2) is 50.7 Å². The summed E-state index contributed by atoms with van der Waals surface area (Å²) in [5.41, 5.74) is 10.7. The first-order valence-corrected chi connectivity index (χ1v) is 13.7. The summed E-state index contributed by atoms with van der Waals surface area (Å²) < 4.78 is 0. The molecule has 8 N–H and O–H groups in total. The number of carbonyl (C=O) groups is 4. The Morgan fingerprint density at radius 3 is 1.50 bits per heavy atom. The Hall–Kier alpha value is -4.32. The van der Waals surface area contributed by atoms with Crippen LogP contribution in [0.3, 0.4) is 0 Å². The molecule has 18 heteroatoms. The minimum Gasteiger partial charge on any atom is -0.352 e. The van der Waals surface area contributed by atoms with E-state index in [4.69, 9.17) is 0 Å². The summed E-state index contributed by atoms with van der Waals surface area (Å²) >= 11 is 0. The minimum absolute atomic E-state index is 0.0508. The molecule has 202 valence electrons. The van der Waals surface area contributed by atoms with Crippen molar-refractivity contribution in [2.45, 2.75) is 6.54 Å². The predicted octanol–water partition coefficient (Wildman–Crippen LogP) is -2.70. The van der Waals surface area contributed by atoms with E-state index in [9.17, 15) is 19.2 Å². The lowest BCUT2D eigenvalue weighted by molar-refractivity contribution is -0.116. The first-order chi connectivity index (χ1) is 18.5. The molecule has 0 bridgehead atoms. The van der Waals surface area contributed by atoms with E-state index in [2.05, 4.69) is 63.4 Å². The molecule has 0 spiro atoms. The van der Waals surface area contributed by atoms with Gasteiger partial charge in [-0.15, -0.1) is 20.4 Å². The molecule has 38 heavy (non-hydrogen) atoms. The minimum atomic E-state index is -0.473. The molecular formula is C20H26N12O4S2. The van der Waals surface area contributed by atoms with Crippen molar-refractivity contribution in [1.29, 1.82) is 0 Å². The molecule has 0 unspecified atom stereocenters. The van der Waals surface area contributed by atoms with Crippen molar-refractivity contribution in [3.63, 3.8) is 0 Å². The van der Waals surface area contributed by atoms with Crippen molar-refractivity contribution in [2.75, 3.05) is 31.6 Å². The summed E-state index contributed by atoms with van der Waals surface area (Å²) in [6, 6.07) is 9.40. The Morgan fingerprint density at radius 1 is 0.658 bits per heavy atom. The van der Waals surface area contributed by atoms with Crippen molar-refractivity contribution in [3.05, 3.63) is 35.9 Å². The van der Waals surface area contributed by atoms with Gasteiger partial charge in [0.1, 0.15) is 0 Å². The third-order valence-electron chi connectivity index (χ3n) is 4.50. The smallest absolute Gasteiger partial charge is 0.290 e. The summed E-state index contributed by atoms with van der Waals surface area (Å²) in [5.74, 6) is -0.879. The highest BCUT2D eigenvalue weighted by molar-refractivity contribution is 8.76. The maximum absolute atomic E-state index is 12.2. The Morgan fingerprint density at radius 2 is 1.08 bits per heavy atom. The number of rotatable bonds is 13. The molecule has 0 fully saturated rings. The Balaban J connectivity index is 1.21. The van der Waals surface area contributed by atoms with Crippen LogP contribution in [0.25, 0.3) is 0 Å². The fourth-order valence-electron chi connectivity index (χ4n) is 2.62. The number of nitrogens with zero attached hydrogens (tertiary/aromatic N) is 4. The van der Waals surface area contributed by atoms with Crippen LogP contribution in [-0.2, 0) is 25.7 Å². The number of hydrazone groups is 4. The second kappa shape index (κ2) is 15.1. The van der Waals surface area contributed by atoms with Crippen molar-refractivity contribution in [2.24, 2.45) is 20.4 Å². The van der Waals surface area contributed by atoms with Gasteiger partial charge in [0.05, 0.1) is 0 Å². The van der Waals surface area contributed by atoms with Crippen LogP contribution < -0.4 is 43.0 Å². The molecular weight excluding hydrogens is 536 g/mol. The van der Waals surface area contributed by atoms with E-state index in [0.717, 1.165) is 5.56 Å². The monoisotopic (exact) mass is 562 g/mol. The molecule has 0 saturated carbocycles. The van der Waals surface area contributed by atoms with Gasteiger partial charge in [-0.2, -0.15) is 0 Å². The van der Waals surface area contributed by atoms with Crippen LogP contribution in [0.2, 0.25) is 0 Å². The van der Waals surface area contributed by atoms with Gasteiger partial charge in [-0.25, -0.2) is 0 Å². The fraction of sp³-hybridized carbons (Fsp3) is 0.300. The lowest BCUT2D eigenvalue weighted by Crippen LogP contribution is -2.48. The van der Waals surface area contributed by atoms with Crippen molar-refractivity contribution in [1.82, 2.24) is 43.0 Å². The van der Waals surface area contributed by atoms with Crippen LogP contribution in [-0.4, -0.2) is 78.6 Å². The zero-order valence-electron chi connectivity index (χ0n) is 20.2. The van der Waals surface area contributed by atoms with Crippen molar-refractivity contribution in [3.8, 4) is 0 Å². The third kappa shape index (κ3) is 8.96. The molecule has 0 saturated heterocycles. The van der Waals surface area contributed by atoms with Crippen LogP contribution in [0.4, 0.5) is 0 Å². The molecule has 0 aliphatic carbocycles. The van der Waals surface area contributed by atoms with Gasteiger partial charge in [-0.05, 0) is 5.56 Å². The van der Waals surface area contributed by atoms with Gasteiger partial charge < -0.3 is 21.3 Å². The van der Waals surface area contributed by atoms with E-state index in [1.807, 2.05) is 30.3 Å². The van der Waals surface area contributed by atoms with Gasteiger partial charge in [0.15, 0.2) is 0 Å². The number of carbonyl (C=O) groups excluding carboxylic acids is 4. The number of amidine groups is 4. The standard InChI is InChI=1S/C20H26N12O4S2/c1-21-17(33)13-25-27-14(28-26-13)18(34)22-7-9-37-38-10-8-23-19(35)15-29-31-16(32-30-15)20(36)24-11-12-5-3-2-4-6-12/h2-6H,7-11H2,1H3,(H,21,33)(H,22,34)(H,23,35)(H,24,36)(H,25,26)(H,27,28)(H,29,30)(H,31,32). The van der Waals surface area contributed by atoms with Gasteiger partial charge in [-0.1, -0.05) is 51.9 Å². The molecule has 0 atom stereocenters. The average Bonchev–Trinajstić information content (AvgIpc) is 2.97. The molecule has 2 aliphatic heterocycles. The van der Waals surface area contributed by atoms with E-state index < -0.39 is 23.6 Å². The number of likely N-dealkylation sites (N-methyl/N-ethyl adjacent to an activating group) is 1. The zero-order valence-corrected chi connectivity index (χ0v) is 21.8. The Bertz CT molecular complexity index is 1160. The third-order valence-corrected chi connectivity index (χ3v) is 6.91. The summed E-state index contributed by atoms with van der Waals surface area (Å²) in [5, 5.41) is 25.6. The highest BCUT2D eigenvalue weighted by atomic mass is 33.1. The lowest BCUT2D eigenvalue weighted by atomic mass is 10.2. The summed E-state index contributed by atoms with van der Waals surface area (Å²) in [4.78, 5) is 47.8. The van der Waals surface area contributed by atoms with E-state index >= 15 is 0 Å². The Kier molecular flexibility index (Phi) is 11.2. The number of amides is 4. The normalized spacial score (nSPS) is 13.9. The van der Waals surface area contributed by atoms with Gasteiger partial charge in [-0.3, -0.25) is 40.9 Å². The van der Waals surface area contributed by atoms with Gasteiger partial charge in [0.25, 0.3) is 23.6 Å². The molecule has 2 heterocycles. The molecule has 1 aromatic rings. The molecule has 16 nitrogen and oxygen atoms in total. The SMILES string of the molecule is CNC(=O)C1=NNC(C(=O)NCCSSCCNC(=O)C2=NNC(C(=O)NCc3ccccc3)=NN2)=NN1. The van der Waals surface area contributed by atoms with Crippen LogP contribution >= 0.6 is 21.6 Å². The van der Waals surface area contributed by atoms with Gasteiger partial charge in [0.2, 0.25) is 23.3 Å². The zero-order chi connectivity index (χ0) is 27.2. The molecule has 0 aromatic heterocycles. The van der Waals surface area contributed by atoms with E-state index in [-0.39, 0.29) is 23.3 Å². The summed E-state index contributed by atoms with van der Waals surface area (Å²) in [6.45, 7) is 1.08. The molecule has 2 aliphatic rings. The van der Waals surface area contributed by atoms with E-state index in [1.54, 1.807) is 0 Å². The topological polar surface area (TPSA) is 214 Å². The lowest BCUT2D eigenvalue weighted by Gasteiger charge is -2.14. The van der Waals surface area contributed by atoms with Crippen LogP contribution in [0, 0.1) is 0 Å². The van der Waals surface area contributed by atoms with Gasteiger partial charge in [0, 0.05) is 38.2 Å². The largest absolute Gasteiger partial charge is 0.352 e. The summed E-state index contributed by atoms with van der Waals surface area (Å²) in [6.07, 6.45) is 0. The second-order valence-electron chi connectivity index (χ2n) is 7.19. The first-order valence-electron chi connectivity index (χ1n) is 11.2. The van der Waals surface area contributed by atoms with E-state index in [0.29, 0.717) is 31.1 Å². The quantitative estimate of drug-likeness (QED) is 0.0920. The van der Waals surface area contributed by atoms with Crippen LogP contribution in [0.5, 0.6) is 0 Å². The summed E-state index contributed by atoms with van der Waals surface area (Å²) in [7, 11) is 4.47. The highest BCUT2D eigenvalue weighted by Crippen LogP contribution is 2.19. The average molecular weight is 563 g/mol. The Labute approximate surface area is 225 Å². The van der Waals surface area contributed by atoms with Crippen LogP contribution in [0.1, 0.15) is 5.56 Å². The predicted molar refractivity (Wildman–Crippen MR) is 146 cm³/mol. The highest BCUT2D eigenvalue weighted by Gasteiger charge is 2.20. The maximum atomic E-state index is 12.2. The molecule has 1 aromatic carbocycles. The second-order valence-corrected chi connectivity index (χ2v) is 9.89. The molecule has 4 amide bonds. The maximum Gasteiger partial charge on any atom is 0.290 e. The number of nitrogens with one attached hydrogen (secondary N) is 8. The number of hydrogen-bond acceptors (Lipinski definition) is 14. The molecule has 3 rings (SSSR count). The molecule has 0 radical (unpaired) electrons. The van der Waals surface area contributed by atoms with Crippen molar-refractivity contribution >= 4 is 68.6 Å². The van der Waals surface area contributed by atoms with Gasteiger partial charge >= 0.3 is 0 Å². The number of benzene rings is 1. The fourth-order valence-corrected chi connectivity index (χ4v) is 4.43. The van der Waals surface area contributed by atoms with E-state index in [1.165, 1.54) is 28.6 Å².